The zero-order valence-electron chi connectivity index (χ0n) is 8.01. The fraction of sp³-hybridized carbons (Fsp3) is 1.00. The minimum absolute atomic E-state index is 0.158. The van der Waals surface area contributed by atoms with Crippen LogP contribution in [0.25, 0.3) is 0 Å². The third-order valence-corrected chi connectivity index (χ3v) is 3.14. The van der Waals surface area contributed by atoms with Crippen LogP contribution in [0, 0.1) is 11.8 Å². The van der Waals surface area contributed by atoms with Crippen molar-refractivity contribution in [1.29, 1.82) is 0 Å². The van der Waals surface area contributed by atoms with Crippen LogP contribution in [0.4, 0.5) is 0 Å². The topological polar surface area (TPSA) is 18.5 Å². The highest BCUT2D eigenvalue weighted by atomic mass is 16.7. The van der Waals surface area contributed by atoms with Gasteiger partial charge in [0, 0.05) is 12.8 Å². The third kappa shape index (κ3) is 1.38. The molecule has 2 heterocycles. The van der Waals surface area contributed by atoms with Gasteiger partial charge in [-0.3, -0.25) is 0 Å². The van der Waals surface area contributed by atoms with Crippen molar-refractivity contribution in [2.45, 2.75) is 38.9 Å². The minimum Gasteiger partial charge on any atom is -0.350 e. The lowest BCUT2D eigenvalue weighted by atomic mass is 9.91. The summed E-state index contributed by atoms with van der Waals surface area (Å²) in [6.45, 7) is 6.33. The second kappa shape index (κ2) is 3.00. The molecule has 0 N–H and O–H groups in total. The predicted octanol–water partition coefficient (Wildman–Crippen LogP) is 2.19. The van der Waals surface area contributed by atoms with Crippen molar-refractivity contribution in [2.75, 3.05) is 13.2 Å². The van der Waals surface area contributed by atoms with Crippen molar-refractivity contribution >= 4 is 0 Å². The van der Waals surface area contributed by atoms with Gasteiger partial charge in [0.2, 0.25) is 0 Å². The van der Waals surface area contributed by atoms with Crippen molar-refractivity contribution in [1.82, 2.24) is 0 Å². The fourth-order valence-electron chi connectivity index (χ4n) is 2.15. The second-order valence-electron chi connectivity index (χ2n) is 4.38. The molecule has 2 nitrogen and oxygen atoms in total. The smallest absolute Gasteiger partial charge is 0.168 e. The van der Waals surface area contributed by atoms with Gasteiger partial charge in [-0.15, -0.1) is 0 Å². The monoisotopic (exact) mass is 170 g/mol. The largest absolute Gasteiger partial charge is 0.350 e. The Balaban J connectivity index is 1.96. The van der Waals surface area contributed by atoms with Crippen LogP contribution in [0.1, 0.15) is 33.1 Å². The molecule has 0 saturated carbocycles. The van der Waals surface area contributed by atoms with Gasteiger partial charge in [-0.25, -0.2) is 0 Å². The molecule has 0 aliphatic carbocycles. The third-order valence-electron chi connectivity index (χ3n) is 3.14. The van der Waals surface area contributed by atoms with Crippen LogP contribution >= 0.6 is 0 Å². The zero-order chi connectivity index (χ0) is 8.60. The molecule has 70 valence electrons. The molecule has 2 heteroatoms. The Hall–Kier alpha value is -0.0800. The van der Waals surface area contributed by atoms with E-state index < -0.39 is 0 Å². The summed E-state index contributed by atoms with van der Waals surface area (Å²) in [5.74, 6) is 1.28. The van der Waals surface area contributed by atoms with E-state index in [0.717, 1.165) is 32.0 Å². The molecule has 0 bridgehead atoms. The van der Waals surface area contributed by atoms with Crippen molar-refractivity contribution in [2.24, 2.45) is 11.8 Å². The molecule has 0 aromatic rings. The summed E-state index contributed by atoms with van der Waals surface area (Å²) in [5.41, 5.74) is 0. The lowest BCUT2D eigenvalue weighted by Gasteiger charge is -2.21. The van der Waals surface area contributed by atoms with E-state index in [1.807, 2.05) is 0 Å². The van der Waals surface area contributed by atoms with Gasteiger partial charge in [0.15, 0.2) is 5.79 Å². The molecule has 2 saturated heterocycles. The highest BCUT2D eigenvalue weighted by Gasteiger charge is 2.44. The van der Waals surface area contributed by atoms with Crippen LogP contribution in [0.2, 0.25) is 0 Å². The van der Waals surface area contributed by atoms with Crippen LogP contribution in [-0.2, 0) is 9.47 Å². The maximum atomic E-state index is 5.75. The van der Waals surface area contributed by atoms with Crippen molar-refractivity contribution in [3.05, 3.63) is 0 Å². The quantitative estimate of drug-likeness (QED) is 0.600. The Morgan fingerprint density at radius 1 is 1.33 bits per heavy atom. The van der Waals surface area contributed by atoms with E-state index in [-0.39, 0.29) is 5.79 Å². The van der Waals surface area contributed by atoms with Crippen LogP contribution in [0.15, 0.2) is 0 Å². The van der Waals surface area contributed by atoms with Crippen molar-refractivity contribution in [3.63, 3.8) is 0 Å². The van der Waals surface area contributed by atoms with Gasteiger partial charge >= 0.3 is 0 Å². The first-order valence-corrected chi connectivity index (χ1v) is 5.00. The molecule has 2 aliphatic rings. The predicted molar refractivity (Wildman–Crippen MR) is 46.8 cm³/mol. The van der Waals surface area contributed by atoms with E-state index in [1.54, 1.807) is 0 Å². The normalized spacial score (nSPS) is 41.8. The summed E-state index contributed by atoms with van der Waals surface area (Å²) in [7, 11) is 0. The molecule has 12 heavy (non-hydrogen) atoms. The van der Waals surface area contributed by atoms with E-state index in [4.69, 9.17) is 9.47 Å². The van der Waals surface area contributed by atoms with Gasteiger partial charge in [0.05, 0.1) is 13.2 Å². The molecule has 2 aliphatic heterocycles. The highest BCUT2D eigenvalue weighted by molar-refractivity contribution is 4.85. The Labute approximate surface area is 74.2 Å². The molecule has 0 radical (unpaired) electrons. The average molecular weight is 170 g/mol. The molecule has 2 rings (SSSR count). The SMILES string of the molecule is CC(C)C1COC2(CCCO2)C1. The van der Waals surface area contributed by atoms with E-state index >= 15 is 0 Å². The molecular formula is C10H18O2. The van der Waals surface area contributed by atoms with Gasteiger partial charge in [0.25, 0.3) is 0 Å². The van der Waals surface area contributed by atoms with Gasteiger partial charge < -0.3 is 9.47 Å². The molecule has 1 spiro atoms. The first-order valence-electron chi connectivity index (χ1n) is 5.00. The van der Waals surface area contributed by atoms with Gasteiger partial charge in [-0.05, 0) is 18.3 Å². The Kier molecular flexibility index (Phi) is 2.13. The van der Waals surface area contributed by atoms with E-state index in [2.05, 4.69) is 13.8 Å². The van der Waals surface area contributed by atoms with Crippen LogP contribution in [-0.4, -0.2) is 19.0 Å². The highest BCUT2D eigenvalue weighted by Crippen LogP contribution is 2.41. The zero-order valence-corrected chi connectivity index (χ0v) is 8.01. The molecule has 2 unspecified atom stereocenters. The van der Waals surface area contributed by atoms with E-state index in [9.17, 15) is 0 Å². The number of hydrogen-bond acceptors (Lipinski definition) is 2. The first kappa shape index (κ1) is 8.52. The minimum atomic E-state index is -0.158. The summed E-state index contributed by atoms with van der Waals surface area (Å²) in [6, 6.07) is 0. The Morgan fingerprint density at radius 3 is 2.67 bits per heavy atom. The van der Waals surface area contributed by atoms with Crippen molar-refractivity contribution in [3.8, 4) is 0 Å². The number of ether oxygens (including phenoxy) is 2. The van der Waals surface area contributed by atoms with Gasteiger partial charge in [-0.2, -0.15) is 0 Å². The summed E-state index contributed by atoms with van der Waals surface area (Å²) < 4.78 is 11.4. The van der Waals surface area contributed by atoms with Crippen LogP contribution in [0.5, 0.6) is 0 Å². The first-order chi connectivity index (χ1) is 5.72. The second-order valence-corrected chi connectivity index (χ2v) is 4.38. The molecule has 2 atom stereocenters. The van der Waals surface area contributed by atoms with Gasteiger partial charge in [0.1, 0.15) is 0 Å². The van der Waals surface area contributed by atoms with E-state index in [1.165, 1.54) is 6.42 Å². The van der Waals surface area contributed by atoms with Gasteiger partial charge in [-0.1, -0.05) is 13.8 Å². The fourth-order valence-corrected chi connectivity index (χ4v) is 2.15. The maximum absolute atomic E-state index is 5.75. The molecule has 0 aromatic heterocycles. The lowest BCUT2D eigenvalue weighted by molar-refractivity contribution is -0.178. The Bertz CT molecular complexity index is 159. The molecule has 0 amide bonds. The summed E-state index contributed by atoms with van der Waals surface area (Å²) in [4.78, 5) is 0. The lowest BCUT2D eigenvalue weighted by Crippen LogP contribution is -2.26. The molecule has 2 fully saturated rings. The molecular weight excluding hydrogens is 152 g/mol. The molecule has 0 aromatic carbocycles. The maximum Gasteiger partial charge on any atom is 0.168 e. The number of rotatable bonds is 1. The Morgan fingerprint density at radius 2 is 2.17 bits per heavy atom. The summed E-state index contributed by atoms with van der Waals surface area (Å²) in [6.07, 6.45) is 3.39. The standard InChI is InChI=1S/C10H18O2/c1-8(2)9-6-10(12-7-9)4-3-5-11-10/h8-9H,3-7H2,1-2H3. The number of hydrogen-bond donors (Lipinski definition) is 0. The van der Waals surface area contributed by atoms with E-state index in [0.29, 0.717) is 5.92 Å². The summed E-state index contributed by atoms with van der Waals surface area (Å²) in [5, 5.41) is 0. The van der Waals surface area contributed by atoms with Crippen molar-refractivity contribution < 1.29 is 9.47 Å². The van der Waals surface area contributed by atoms with Crippen LogP contribution in [0.3, 0.4) is 0 Å². The average Bonchev–Trinajstić information content (AvgIpc) is 2.62. The summed E-state index contributed by atoms with van der Waals surface area (Å²) >= 11 is 0. The van der Waals surface area contributed by atoms with Crippen LogP contribution < -0.4 is 0 Å².